The first-order valence-corrected chi connectivity index (χ1v) is 9.12. The van der Waals surface area contributed by atoms with E-state index in [0.717, 1.165) is 22.4 Å². The molecule has 26 heavy (non-hydrogen) atoms. The van der Waals surface area contributed by atoms with Crippen molar-refractivity contribution in [1.82, 2.24) is 0 Å². The summed E-state index contributed by atoms with van der Waals surface area (Å²) in [5, 5.41) is 1.25. The van der Waals surface area contributed by atoms with E-state index in [1.807, 2.05) is 79.9 Å². The predicted molar refractivity (Wildman–Crippen MR) is 110 cm³/mol. The second-order valence-corrected chi connectivity index (χ2v) is 6.81. The monoisotopic (exact) mass is 383 g/mol. The smallest absolute Gasteiger partial charge is 0.120 e. The number of nitrogens with zero attached hydrogens (tertiary/aromatic N) is 1. The van der Waals surface area contributed by atoms with Gasteiger partial charge >= 0.3 is 0 Å². The van der Waals surface area contributed by atoms with Crippen molar-refractivity contribution in [2.75, 3.05) is 0 Å². The normalized spacial score (nSPS) is 12.3. The molecule has 3 rings (SSSR count). The number of rotatable bonds is 6. The Morgan fingerprint density at radius 3 is 2.54 bits per heavy atom. The van der Waals surface area contributed by atoms with Gasteiger partial charge in [-0.25, -0.2) is 0 Å². The fourth-order valence-corrected chi connectivity index (χ4v) is 3.11. The van der Waals surface area contributed by atoms with E-state index in [4.69, 9.17) is 27.9 Å². The van der Waals surface area contributed by atoms with Gasteiger partial charge in [-0.2, -0.15) is 0 Å². The summed E-state index contributed by atoms with van der Waals surface area (Å²) in [6, 6.07) is 23.4. The van der Waals surface area contributed by atoms with Crippen LogP contribution in [0.25, 0.3) is 0 Å². The number of ether oxygens (including phenoxy) is 1. The fourth-order valence-electron chi connectivity index (χ4n) is 2.54. The quantitative estimate of drug-likeness (QED) is 0.431. The lowest BCUT2D eigenvalue weighted by Gasteiger charge is -2.10. The van der Waals surface area contributed by atoms with Gasteiger partial charge in [0, 0.05) is 16.3 Å². The van der Waals surface area contributed by atoms with Crippen molar-refractivity contribution >= 4 is 29.4 Å². The van der Waals surface area contributed by atoms with Crippen LogP contribution >= 0.6 is 23.2 Å². The molecule has 0 saturated heterocycles. The number of hydrogen-bond acceptors (Lipinski definition) is 2. The molecule has 0 fully saturated rings. The van der Waals surface area contributed by atoms with Crippen molar-refractivity contribution in [2.24, 2.45) is 4.99 Å². The third-order valence-corrected chi connectivity index (χ3v) is 4.53. The zero-order valence-corrected chi connectivity index (χ0v) is 15.9. The third-order valence-electron chi connectivity index (χ3n) is 3.97. The largest absolute Gasteiger partial charge is 0.489 e. The van der Waals surface area contributed by atoms with E-state index in [0.29, 0.717) is 16.7 Å². The molecule has 1 atom stereocenters. The van der Waals surface area contributed by atoms with Crippen molar-refractivity contribution in [3.63, 3.8) is 0 Å². The molecule has 0 aromatic heterocycles. The third kappa shape index (κ3) is 5.10. The molecule has 3 aromatic carbocycles. The molecule has 0 aliphatic rings. The van der Waals surface area contributed by atoms with Gasteiger partial charge in [0.05, 0.1) is 6.04 Å². The van der Waals surface area contributed by atoms with Crippen molar-refractivity contribution in [3.05, 3.63) is 99.5 Å². The molecule has 0 amide bonds. The Morgan fingerprint density at radius 1 is 0.962 bits per heavy atom. The van der Waals surface area contributed by atoms with Gasteiger partial charge in [-0.05, 0) is 47.9 Å². The van der Waals surface area contributed by atoms with Crippen LogP contribution in [0.3, 0.4) is 0 Å². The lowest BCUT2D eigenvalue weighted by Crippen LogP contribution is -1.96. The van der Waals surface area contributed by atoms with Crippen LogP contribution in [0.4, 0.5) is 0 Å². The van der Waals surface area contributed by atoms with Gasteiger partial charge in [-0.1, -0.05) is 71.7 Å². The second-order valence-electron chi connectivity index (χ2n) is 5.97. The molecule has 1 unspecified atom stereocenters. The van der Waals surface area contributed by atoms with Gasteiger partial charge in [0.25, 0.3) is 0 Å². The van der Waals surface area contributed by atoms with Gasteiger partial charge < -0.3 is 4.74 Å². The highest BCUT2D eigenvalue weighted by Crippen LogP contribution is 2.28. The Morgan fingerprint density at radius 2 is 1.77 bits per heavy atom. The maximum absolute atomic E-state index is 6.25. The molecule has 0 spiro atoms. The summed E-state index contributed by atoms with van der Waals surface area (Å²) in [6.07, 6.45) is 1.84. The van der Waals surface area contributed by atoms with Crippen molar-refractivity contribution < 1.29 is 4.74 Å². The summed E-state index contributed by atoms with van der Waals surface area (Å²) in [4.78, 5) is 4.61. The van der Waals surface area contributed by atoms with Crippen LogP contribution in [0.1, 0.15) is 29.7 Å². The zero-order valence-electron chi connectivity index (χ0n) is 14.4. The summed E-state index contributed by atoms with van der Waals surface area (Å²) in [7, 11) is 0. The standard InChI is InChI=1S/C22H19Cl2NO/c1-16(21-11-10-19(23)13-22(21)24)25-14-18-8-5-9-20(12-18)26-15-17-6-3-2-4-7-17/h2-14,16H,15H2,1H3. The summed E-state index contributed by atoms with van der Waals surface area (Å²) in [6.45, 7) is 2.54. The van der Waals surface area contributed by atoms with E-state index in [9.17, 15) is 0 Å². The molecule has 0 saturated carbocycles. The molecule has 0 bridgehead atoms. The Balaban J connectivity index is 1.66. The molecule has 0 heterocycles. The number of aliphatic imine (C=N–C) groups is 1. The first kappa shape index (κ1) is 18.5. The van der Waals surface area contributed by atoms with E-state index < -0.39 is 0 Å². The Kier molecular flexibility index (Phi) is 6.32. The maximum atomic E-state index is 6.25. The minimum Gasteiger partial charge on any atom is -0.489 e. The van der Waals surface area contributed by atoms with Crippen LogP contribution in [0.2, 0.25) is 10.0 Å². The van der Waals surface area contributed by atoms with Gasteiger partial charge in [-0.3, -0.25) is 4.99 Å². The molecular weight excluding hydrogens is 365 g/mol. The van der Waals surface area contributed by atoms with Crippen LogP contribution in [0, 0.1) is 0 Å². The highest BCUT2D eigenvalue weighted by Gasteiger charge is 2.08. The lowest BCUT2D eigenvalue weighted by molar-refractivity contribution is 0.306. The van der Waals surface area contributed by atoms with Gasteiger partial charge in [0.2, 0.25) is 0 Å². The molecule has 0 N–H and O–H groups in total. The Labute approximate surface area is 164 Å². The van der Waals surface area contributed by atoms with Crippen molar-refractivity contribution in [1.29, 1.82) is 0 Å². The average Bonchev–Trinajstić information content (AvgIpc) is 2.66. The topological polar surface area (TPSA) is 21.6 Å². The zero-order chi connectivity index (χ0) is 18.4. The molecule has 0 aliphatic heterocycles. The molecule has 3 aromatic rings. The molecule has 132 valence electrons. The first-order valence-electron chi connectivity index (χ1n) is 8.37. The van der Waals surface area contributed by atoms with Gasteiger partial charge in [0.1, 0.15) is 12.4 Å². The molecular formula is C22H19Cl2NO. The van der Waals surface area contributed by atoms with Crippen LogP contribution < -0.4 is 4.74 Å². The Hall–Kier alpha value is -2.29. The number of hydrogen-bond donors (Lipinski definition) is 0. The molecule has 4 heteroatoms. The highest BCUT2D eigenvalue weighted by atomic mass is 35.5. The predicted octanol–water partition coefficient (Wildman–Crippen LogP) is 6.75. The van der Waals surface area contributed by atoms with Crippen LogP contribution in [-0.2, 0) is 6.61 Å². The maximum Gasteiger partial charge on any atom is 0.120 e. The second kappa shape index (κ2) is 8.88. The molecule has 2 nitrogen and oxygen atoms in total. The number of benzene rings is 3. The van der Waals surface area contributed by atoms with Crippen LogP contribution in [0.15, 0.2) is 77.8 Å². The lowest BCUT2D eigenvalue weighted by atomic mass is 10.1. The van der Waals surface area contributed by atoms with E-state index in [1.165, 1.54) is 0 Å². The van der Waals surface area contributed by atoms with E-state index in [-0.39, 0.29) is 6.04 Å². The number of halogens is 2. The van der Waals surface area contributed by atoms with E-state index >= 15 is 0 Å². The van der Waals surface area contributed by atoms with Crippen molar-refractivity contribution in [3.8, 4) is 5.75 Å². The minimum absolute atomic E-state index is 0.0614. The fraction of sp³-hybridized carbons (Fsp3) is 0.136. The first-order chi connectivity index (χ1) is 12.6. The minimum atomic E-state index is -0.0614. The molecule has 0 aliphatic carbocycles. The Bertz CT molecular complexity index is 894. The summed E-state index contributed by atoms with van der Waals surface area (Å²) in [5.74, 6) is 0.815. The summed E-state index contributed by atoms with van der Waals surface area (Å²) < 4.78 is 5.86. The summed E-state index contributed by atoms with van der Waals surface area (Å²) >= 11 is 12.2. The van der Waals surface area contributed by atoms with Crippen LogP contribution in [0.5, 0.6) is 5.75 Å². The van der Waals surface area contributed by atoms with E-state index in [2.05, 4.69) is 4.99 Å². The van der Waals surface area contributed by atoms with Crippen LogP contribution in [-0.4, -0.2) is 6.21 Å². The highest BCUT2D eigenvalue weighted by molar-refractivity contribution is 6.35. The van der Waals surface area contributed by atoms with E-state index in [1.54, 1.807) is 6.07 Å². The summed E-state index contributed by atoms with van der Waals surface area (Å²) in [5.41, 5.74) is 3.06. The SMILES string of the molecule is CC(N=Cc1cccc(OCc2ccccc2)c1)c1ccc(Cl)cc1Cl. The van der Waals surface area contributed by atoms with Gasteiger partial charge in [0.15, 0.2) is 0 Å². The average molecular weight is 384 g/mol. The molecule has 0 radical (unpaired) electrons. The van der Waals surface area contributed by atoms with Crippen molar-refractivity contribution in [2.45, 2.75) is 19.6 Å². The van der Waals surface area contributed by atoms with Gasteiger partial charge in [-0.15, -0.1) is 0 Å².